The van der Waals surface area contributed by atoms with E-state index in [1.807, 2.05) is 0 Å². The van der Waals surface area contributed by atoms with E-state index in [2.05, 4.69) is 5.32 Å². The fourth-order valence-electron chi connectivity index (χ4n) is 1.41. The van der Waals surface area contributed by atoms with Crippen LogP contribution in [0.1, 0.15) is 45.4 Å². The van der Waals surface area contributed by atoms with Crippen molar-refractivity contribution in [3.05, 3.63) is 0 Å². The first kappa shape index (κ1) is 16.1. The lowest BCUT2D eigenvalue weighted by molar-refractivity contribution is -0.121. The number of rotatable bonds is 10. The van der Waals surface area contributed by atoms with Gasteiger partial charge in [-0.1, -0.05) is 0 Å². The molecule has 0 aromatic rings. The molecule has 5 nitrogen and oxygen atoms in total. The summed E-state index contributed by atoms with van der Waals surface area (Å²) in [7, 11) is 0. The summed E-state index contributed by atoms with van der Waals surface area (Å²) >= 11 is 0. The van der Waals surface area contributed by atoms with E-state index >= 15 is 0 Å². The van der Waals surface area contributed by atoms with Gasteiger partial charge in [0.2, 0.25) is 5.91 Å². The molecule has 0 aromatic carbocycles. The Kier molecular flexibility index (Phi) is 9.66. The SMILES string of the molecule is CC(=O)CCCC(=O)NCCCCC(O)CO. The highest BCUT2D eigenvalue weighted by molar-refractivity contribution is 5.78. The second-order valence-electron chi connectivity index (χ2n) is 4.24. The topological polar surface area (TPSA) is 86.6 Å². The van der Waals surface area contributed by atoms with E-state index in [0.717, 1.165) is 12.8 Å². The Labute approximate surface area is 102 Å². The zero-order valence-electron chi connectivity index (χ0n) is 10.4. The molecule has 100 valence electrons. The monoisotopic (exact) mass is 245 g/mol. The van der Waals surface area contributed by atoms with Crippen LogP contribution in [0.4, 0.5) is 0 Å². The molecule has 17 heavy (non-hydrogen) atoms. The fraction of sp³-hybridized carbons (Fsp3) is 0.833. The van der Waals surface area contributed by atoms with Crippen LogP contribution in [0.2, 0.25) is 0 Å². The van der Waals surface area contributed by atoms with E-state index in [1.165, 1.54) is 6.92 Å². The smallest absolute Gasteiger partial charge is 0.220 e. The number of hydrogen-bond donors (Lipinski definition) is 3. The fourth-order valence-corrected chi connectivity index (χ4v) is 1.41. The highest BCUT2D eigenvalue weighted by Crippen LogP contribution is 2.00. The molecule has 0 aliphatic heterocycles. The molecular weight excluding hydrogens is 222 g/mol. The minimum absolute atomic E-state index is 0.0334. The van der Waals surface area contributed by atoms with Gasteiger partial charge < -0.3 is 20.3 Å². The number of amides is 1. The molecular formula is C12H23NO4. The average molecular weight is 245 g/mol. The van der Waals surface area contributed by atoms with E-state index in [-0.39, 0.29) is 18.3 Å². The van der Waals surface area contributed by atoms with Crippen molar-refractivity contribution in [1.82, 2.24) is 5.32 Å². The lowest BCUT2D eigenvalue weighted by atomic mass is 10.1. The summed E-state index contributed by atoms with van der Waals surface area (Å²) in [5.41, 5.74) is 0. The third kappa shape index (κ3) is 11.3. The molecule has 0 fully saturated rings. The van der Waals surface area contributed by atoms with Crippen LogP contribution >= 0.6 is 0 Å². The Morgan fingerprint density at radius 3 is 2.47 bits per heavy atom. The van der Waals surface area contributed by atoms with Crippen LogP contribution < -0.4 is 5.32 Å². The number of aliphatic hydroxyl groups is 2. The van der Waals surface area contributed by atoms with Crippen LogP contribution in [0.15, 0.2) is 0 Å². The van der Waals surface area contributed by atoms with Crippen molar-refractivity contribution in [2.75, 3.05) is 13.2 Å². The summed E-state index contributed by atoms with van der Waals surface area (Å²) in [5, 5.41) is 20.4. The molecule has 1 unspecified atom stereocenters. The van der Waals surface area contributed by atoms with Crippen molar-refractivity contribution in [1.29, 1.82) is 0 Å². The third-order valence-corrected chi connectivity index (χ3v) is 2.43. The number of nitrogens with one attached hydrogen (secondary N) is 1. The van der Waals surface area contributed by atoms with Gasteiger partial charge in [0.15, 0.2) is 0 Å². The number of ketones is 1. The van der Waals surface area contributed by atoms with Crippen LogP contribution in [0, 0.1) is 0 Å². The van der Waals surface area contributed by atoms with Crippen LogP contribution in [-0.4, -0.2) is 41.2 Å². The van der Waals surface area contributed by atoms with Crippen molar-refractivity contribution in [2.24, 2.45) is 0 Å². The van der Waals surface area contributed by atoms with Gasteiger partial charge in [-0.2, -0.15) is 0 Å². The molecule has 0 bridgehead atoms. The van der Waals surface area contributed by atoms with Crippen LogP contribution in [0.5, 0.6) is 0 Å². The Morgan fingerprint density at radius 2 is 1.88 bits per heavy atom. The number of hydrogen-bond acceptors (Lipinski definition) is 4. The van der Waals surface area contributed by atoms with Gasteiger partial charge in [0.05, 0.1) is 12.7 Å². The number of unbranched alkanes of at least 4 members (excludes halogenated alkanes) is 1. The number of Topliss-reactive ketones (excluding diaryl/α,β-unsaturated/α-hetero) is 1. The molecule has 0 spiro atoms. The van der Waals surface area contributed by atoms with E-state index in [9.17, 15) is 9.59 Å². The first-order chi connectivity index (χ1) is 8.06. The van der Waals surface area contributed by atoms with Crippen molar-refractivity contribution >= 4 is 11.7 Å². The summed E-state index contributed by atoms with van der Waals surface area (Å²) in [4.78, 5) is 21.9. The summed E-state index contributed by atoms with van der Waals surface area (Å²) < 4.78 is 0. The Morgan fingerprint density at radius 1 is 1.18 bits per heavy atom. The Hall–Kier alpha value is -0.940. The Bertz CT molecular complexity index is 231. The third-order valence-electron chi connectivity index (χ3n) is 2.43. The van der Waals surface area contributed by atoms with Crippen molar-refractivity contribution in [3.63, 3.8) is 0 Å². The Balaban J connectivity index is 3.30. The zero-order valence-corrected chi connectivity index (χ0v) is 10.4. The standard InChI is InChI=1S/C12H23NO4/c1-10(15)5-4-7-12(17)13-8-3-2-6-11(16)9-14/h11,14,16H,2-9H2,1H3,(H,13,17). The molecule has 0 aliphatic carbocycles. The van der Waals surface area contributed by atoms with E-state index < -0.39 is 6.10 Å². The lowest BCUT2D eigenvalue weighted by Crippen LogP contribution is -2.24. The maximum atomic E-state index is 11.3. The van der Waals surface area contributed by atoms with Crippen molar-refractivity contribution in [2.45, 2.75) is 51.6 Å². The van der Waals surface area contributed by atoms with Gasteiger partial charge >= 0.3 is 0 Å². The maximum absolute atomic E-state index is 11.3. The molecule has 0 saturated carbocycles. The van der Waals surface area contributed by atoms with Crippen LogP contribution in [0.3, 0.4) is 0 Å². The second kappa shape index (κ2) is 10.2. The van der Waals surface area contributed by atoms with Gasteiger partial charge in [0, 0.05) is 19.4 Å². The zero-order chi connectivity index (χ0) is 13.1. The molecule has 0 heterocycles. The molecule has 0 aromatic heterocycles. The largest absolute Gasteiger partial charge is 0.394 e. The second-order valence-corrected chi connectivity index (χ2v) is 4.24. The molecule has 0 aliphatic rings. The first-order valence-electron chi connectivity index (χ1n) is 6.11. The predicted octanol–water partition coefficient (Wildman–Crippen LogP) is 0.385. The summed E-state index contributed by atoms with van der Waals surface area (Å²) in [6, 6.07) is 0. The summed E-state index contributed by atoms with van der Waals surface area (Å²) in [5.74, 6) is 0.0738. The first-order valence-corrected chi connectivity index (χ1v) is 6.11. The van der Waals surface area contributed by atoms with Gasteiger partial charge in [-0.15, -0.1) is 0 Å². The van der Waals surface area contributed by atoms with Crippen molar-refractivity contribution < 1.29 is 19.8 Å². The van der Waals surface area contributed by atoms with Gasteiger partial charge in [-0.05, 0) is 32.6 Å². The quantitative estimate of drug-likeness (QED) is 0.486. The maximum Gasteiger partial charge on any atom is 0.220 e. The molecule has 0 rings (SSSR count). The van der Waals surface area contributed by atoms with Gasteiger partial charge in [0.1, 0.15) is 5.78 Å². The average Bonchev–Trinajstić information content (AvgIpc) is 2.27. The van der Waals surface area contributed by atoms with E-state index in [4.69, 9.17) is 10.2 Å². The number of carbonyl (C=O) groups is 2. The minimum Gasteiger partial charge on any atom is -0.394 e. The molecule has 0 saturated heterocycles. The van der Waals surface area contributed by atoms with Crippen LogP contribution in [-0.2, 0) is 9.59 Å². The van der Waals surface area contributed by atoms with Crippen molar-refractivity contribution in [3.8, 4) is 0 Å². The highest BCUT2D eigenvalue weighted by atomic mass is 16.3. The molecule has 0 radical (unpaired) electrons. The van der Waals surface area contributed by atoms with Gasteiger partial charge in [-0.3, -0.25) is 4.79 Å². The van der Waals surface area contributed by atoms with Gasteiger partial charge in [-0.25, -0.2) is 0 Å². The molecule has 5 heteroatoms. The van der Waals surface area contributed by atoms with Gasteiger partial charge in [0.25, 0.3) is 0 Å². The molecule has 1 atom stereocenters. The summed E-state index contributed by atoms with van der Waals surface area (Å²) in [6.07, 6.45) is 2.90. The minimum atomic E-state index is -0.652. The number of aliphatic hydroxyl groups excluding tert-OH is 2. The molecule has 3 N–H and O–H groups in total. The normalized spacial score (nSPS) is 12.2. The predicted molar refractivity (Wildman–Crippen MR) is 64.5 cm³/mol. The number of carbonyl (C=O) groups excluding carboxylic acids is 2. The molecule has 1 amide bonds. The van der Waals surface area contributed by atoms with E-state index in [0.29, 0.717) is 32.2 Å². The summed E-state index contributed by atoms with van der Waals surface area (Å²) in [6.45, 7) is 1.89. The highest BCUT2D eigenvalue weighted by Gasteiger charge is 2.03. The lowest BCUT2D eigenvalue weighted by Gasteiger charge is -2.07. The van der Waals surface area contributed by atoms with Crippen LogP contribution in [0.25, 0.3) is 0 Å². The van der Waals surface area contributed by atoms with E-state index in [1.54, 1.807) is 0 Å².